The number of nitrogens with one attached hydrogen (secondary N) is 2. The van der Waals surface area contributed by atoms with E-state index in [1.165, 1.54) is 28.3 Å². The topological polar surface area (TPSA) is 76.0 Å². The number of aromatic nitrogens is 2. The zero-order chi connectivity index (χ0) is 20.9. The zero-order valence-electron chi connectivity index (χ0n) is 15.1. The normalized spacial score (nSPS) is 11.3. The van der Waals surface area contributed by atoms with Crippen molar-refractivity contribution in [2.24, 2.45) is 0 Å². The van der Waals surface area contributed by atoms with Crippen LogP contribution in [0, 0.1) is 0 Å². The van der Waals surface area contributed by atoms with E-state index in [1.807, 2.05) is 0 Å². The molecule has 0 aliphatic rings. The number of benzene rings is 1. The fourth-order valence-corrected chi connectivity index (χ4v) is 3.22. The first-order chi connectivity index (χ1) is 13.8. The fraction of sp³-hybridized carbons (Fsp3) is 0.211. The van der Waals surface area contributed by atoms with Crippen LogP contribution in [0.25, 0.3) is 5.69 Å². The lowest BCUT2D eigenvalue weighted by Gasteiger charge is -2.14. The summed E-state index contributed by atoms with van der Waals surface area (Å²) in [5, 5.41) is 11.0. The summed E-state index contributed by atoms with van der Waals surface area (Å²) < 4.78 is 40.5. The van der Waals surface area contributed by atoms with Gasteiger partial charge < -0.3 is 10.6 Å². The van der Waals surface area contributed by atoms with Crippen molar-refractivity contribution in [3.8, 4) is 5.69 Å². The molecule has 0 bridgehead atoms. The van der Waals surface area contributed by atoms with Gasteiger partial charge in [-0.1, -0.05) is 6.07 Å². The van der Waals surface area contributed by atoms with Crippen LogP contribution in [0.2, 0.25) is 0 Å². The Labute approximate surface area is 168 Å². The zero-order valence-corrected chi connectivity index (χ0v) is 15.9. The molecule has 2 aromatic heterocycles. The van der Waals surface area contributed by atoms with E-state index in [4.69, 9.17) is 0 Å². The van der Waals surface area contributed by atoms with Gasteiger partial charge in [-0.2, -0.15) is 18.3 Å². The lowest BCUT2D eigenvalue weighted by atomic mass is 10.1. The molecule has 0 spiro atoms. The molecule has 1 aromatic carbocycles. The van der Waals surface area contributed by atoms with Gasteiger partial charge in [0.25, 0.3) is 5.91 Å². The van der Waals surface area contributed by atoms with Gasteiger partial charge in [-0.05, 0) is 42.1 Å². The third kappa shape index (κ3) is 5.44. The molecule has 2 N–H and O–H groups in total. The molecule has 152 valence electrons. The van der Waals surface area contributed by atoms with E-state index < -0.39 is 17.6 Å². The summed E-state index contributed by atoms with van der Waals surface area (Å²) in [6, 6.07) is 8.16. The van der Waals surface area contributed by atoms with Gasteiger partial charge >= 0.3 is 6.18 Å². The second kappa shape index (κ2) is 8.91. The van der Waals surface area contributed by atoms with Crippen molar-refractivity contribution in [3.05, 3.63) is 64.6 Å². The molecule has 0 atom stereocenters. The smallest absolute Gasteiger partial charge is 0.351 e. The van der Waals surface area contributed by atoms with Gasteiger partial charge in [-0.15, -0.1) is 11.3 Å². The summed E-state index contributed by atoms with van der Waals surface area (Å²) in [7, 11) is 0. The predicted octanol–water partition coefficient (Wildman–Crippen LogP) is 4.10. The lowest BCUT2D eigenvalue weighted by molar-refractivity contribution is -0.137. The summed E-state index contributed by atoms with van der Waals surface area (Å²) in [6.45, 7) is 0.277. The number of anilines is 1. The minimum Gasteiger partial charge on any atom is -0.351 e. The summed E-state index contributed by atoms with van der Waals surface area (Å²) in [6.07, 6.45) is -1.09. The summed E-state index contributed by atoms with van der Waals surface area (Å²) >= 11 is 1.31. The highest BCUT2D eigenvalue weighted by atomic mass is 32.1. The largest absolute Gasteiger partial charge is 0.416 e. The number of amides is 2. The Morgan fingerprint density at radius 3 is 2.66 bits per heavy atom. The molecule has 2 amide bonds. The molecule has 0 aliphatic heterocycles. The van der Waals surface area contributed by atoms with Crippen molar-refractivity contribution in [1.82, 2.24) is 15.1 Å². The number of hydrogen-bond donors (Lipinski definition) is 2. The molecule has 3 rings (SSSR count). The Balaban J connectivity index is 1.62. The van der Waals surface area contributed by atoms with Crippen LogP contribution in [-0.2, 0) is 11.0 Å². The quantitative estimate of drug-likeness (QED) is 0.563. The number of alkyl halides is 3. The van der Waals surface area contributed by atoms with Gasteiger partial charge in [0.05, 0.1) is 21.8 Å². The maximum atomic E-state index is 13.0. The highest BCUT2D eigenvalue weighted by Gasteiger charge is 2.31. The third-order valence-corrected chi connectivity index (χ3v) is 4.83. The van der Waals surface area contributed by atoms with Crippen molar-refractivity contribution >= 4 is 28.8 Å². The van der Waals surface area contributed by atoms with E-state index in [0.29, 0.717) is 17.0 Å². The molecule has 0 saturated heterocycles. The van der Waals surface area contributed by atoms with Crippen LogP contribution in [0.4, 0.5) is 18.9 Å². The van der Waals surface area contributed by atoms with Crippen molar-refractivity contribution in [2.45, 2.75) is 19.0 Å². The summed E-state index contributed by atoms with van der Waals surface area (Å²) in [4.78, 5) is 24.6. The lowest BCUT2D eigenvalue weighted by Crippen LogP contribution is -2.24. The van der Waals surface area contributed by atoms with Crippen molar-refractivity contribution in [3.63, 3.8) is 0 Å². The molecular weight excluding hydrogens is 405 g/mol. The van der Waals surface area contributed by atoms with E-state index in [9.17, 15) is 22.8 Å². The third-order valence-electron chi connectivity index (χ3n) is 3.96. The second-order valence-corrected chi connectivity index (χ2v) is 7.01. The molecule has 0 radical (unpaired) electrons. The van der Waals surface area contributed by atoms with Crippen molar-refractivity contribution in [2.75, 3.05) is 11.9 Å². The number of halogens is 3. The van der Waals surface area contributed by atoms with Gasteiger partial charge in [-0.25, -0.2) is 4.68 Å². The Kier molecular flexibility index (Phi) is 6.32. The van der Waals surface area contributed by atoms with Crippen LogP contribution >= 0.6 is 11.3 Å². The minimum atomic E-state index is -4.53. The number of carbonyl (C=O) groups is 2. The maximum absolute atomic E-state index is 13.0. The first-order valence-electron chi connectivity index (χ1n) is 8.67. The van der Waals surface area contributed by atoms with Crippen molar-refractivity contribution in [1.29, 1.82) is 0 Å². The Hall–Kier alpha value is -3.14. The first kappa shape index (κ1) is 20.6. The molecule has 6 nitrogen and oxygen atoms in total. The molecule has 29 heavy (non-hydrogen) atoms. The fourth-order valence-electron chi connectivity index (χ4n) is 2.58. The van der Waals surface area contributed by atoms with Crippen LogP contribution in [0.15, 0.2) is 54.2 Å². The summed E-state index contributed by atoms with van der Waals surface area (Å²) in [5.41, 5.74) is -0.537. The molecule has 0 saturated carbocycles. The van der Waals surface area contributed by atoms with Crippen LogP contribution in [0.1, 0.15) is 28.1 Å². The van der Waals surface area contributed by atoms with Gasteiger partial charge in [0.2, 0.25) is 5.91 Å². The van der Waals surface area contributed by atoms with Gasteiger partial charge in [-0.3, -0.25) is 9.59 Å². The first-order valence-corrected chi connectivity index (χ1v) is 9.55. The molecule has 2 heterocycles. The second-order valence-electron chi connectivity index (χ2n) is 6.07. The van der Waals surface area contributed by atoms with Gasteiger partial charge in [0, 0.05) is 25.4 Å². The maximum Gasteiger partial charge on any atom is 0.416 e. The molecule has 0 fully saturated rings. The SMILES string of the molecule is O=C(CCCNC(=O)c1cccs1)Nc1cc(C(F)(F)F)ccc1-n1cccn1. The molecule has 0 unspecified atom stereocenters. The number of carbonyl (C=O) groups excluding carboxylic acids is 2. The average Bonchev–Trinajstić information content (AvgIpc) is 3.38. The Morgan fingerprint density at radius 1 is 1.17 bits per heavy atom. The van der Waals surface area contributed by atoms with E-state index in [0.717, 1.165) is 12.1 Å². The molecule has 10 heteroatoms. The van der Waals surface area contributed by atoms with Gasteiger partial charge in [0.15, 0.2) is 0 Å². The summed E-state index contributed by atoms with van der Waals surface area (Å²) in [5.74, 6) is -0.678. The van der Waals surface area contributed by atoms with E-state index in [-0.39, 0.29) is 24.6 Å². The Morgan fingerprint density at radius 2 is 2.00 bits per heavy atom. The number of hydrogen-bond acceptors (Lipinski definition) is 4. The monoisotopic (exact) mass is 422 g/mol. The van der Waals surface area contributed by atoms with E-state index in [1.54, 1.807) is 29.8 Å². The highest BCUT2D eigenvalue weighted by molar-refractivity contribution is 7.12. The molecule has 0 aliphatic carbocycles. The van der Waals surface area contributed by atoms with Crippen LogP contribution in [0.3, 0.4) is 0 Å². The number of nitrogens with zero attached hydrogens (tertiary/aromatic N) is 2. The Bertz CT molecular complexity index is 970. The van der Waals surface area contributed by atoms with Crippen LogP contribution in [-0.4, -0.2) is 28.1 Å². The van der Waals surface area contributed by atoms with Crippen LogP contribution in [0.5, 0.6) is 0 Å². The highest BCUT2D eigenvalue weighted by Crippen LogP contribution is 2.33. The minimum absolute atomic E-state index is 0.0103. The van der Waals surface area contributed by atoms with E-state index >= 15 is 0 Å². The van der Waals surface area contributed by atoms with Crippen molar-refractivity contribution < 1.29 is 22.8 Å². The van der Waals surface area contributed by atoms with E-state index in [2.05, 4.69) is 15.7 Å². The number of thiophene rings is 1. The predicted molar refractivity (Wildman–Crippen MR) is 103 cm³/mol. The van der Waals surface area contributed by atoms with Gasteiger partial charge in [0.1, 0.15) is 0 Å². The average molecular weight is 422 g/mol. The van der Waals surface area contributed by atoms with Crippen LogP contribution < -0.4 is 10.6 Å². The standard InChI is InChI=1S/C19H17F3N4O2S/c20-19(21,22)13-6-7-15(26-10-3-9-24-26)14(12-13)25-17(27)5-1-8-23-18(28)16-4-2-11-29-16/h2-4,6-7,9-12H,1,5,8H2,(H,23,28)(H,25,27). The molecular formula is C19H17F3N4O2S. The number of rotatable bonds is 7. The molecule has 3 aromatic rings.